The van der Waals surface area contributed by atoms with Crippen LogP contribution in [0.3, 0.4) is 0 Å². The third-order valence-corrected chi connectivity index (χ3v) is 4.61. The van der Waals surface area contributed by atoms with Gasteiger partial charge in [0, 0.05) is 17.3 Å². The monoisotopic (exact) mass is 413 g/mol. The third-order valence-electron chi connectivity index (χ3n) is 4.61. The predicted octanol–water partition coefficient (Wildman–Crippen LogP) is 3.80. The fourth-order valence-electron chi connectivity index (χ4n) is 3.25. The molecule has 156 valence electrons. The Balaban J connectivity index is 2.02. The van der Waals surface area contributed by atoms with Gasteiger partial charge in [0.25, 0.3) is 5.91 Å². The van der Waals surface area contributed by atoms with Crippen LogP contribution in [0.25, 0.3) is 5.69 Å². The third kappa shape index (κ3) is 4.22. The average molecular weight is 413 g/mol. The molecule has 0 aliphatic carbocycles. The van der Waals surface area contributed by atoms with Gasteiger partial charge in [-0.2, -0.15) is 5.10 Å². The van der Waals surface area contributed by atoms with Gasteiger partial charge < -0.3 is 10.1 Å². The van der Waals surface area contributed by atoms with E-state index in [0.717, 1.165) is 17.8 Å². The molecule has 0 bridgehead atoms. The van der Waals surface area contributed by atoms with Crippen LogP contribution >= 0.6 is 0 Å². The lowest BCUT2D eigenvalue weighted by molar-refractivity contribution is -0.145. The molecule has 1 N–H and O–H groups in total. The minimum atomic E-state index is -1.21. The molecule has 1 atom stereocenters. The quantitative estimate of drug-likeness (QED) is 0.624. The van der Waals surface area contributed by atoms with E-state index in [2.05, 4.69) is 10.4 Å². The number of para-hydroxylation sites is 1. The summed E-state index contributed by atoms with van der Waals surface area (Å²) in [4.78, 5) is 25.3. The summed E-state index contributed by atoms with van der Waals surface area (Å²) in [6, 6.07) is 10.7. The van der Waals surface area contributed by atoms with Crippen molar-refractivity contribution in [3.63, 3.8) is 0 Å². The van der Waals surface area contributed by atoms with Crippen LogP contribution in [0.2, 0.25) is 0 Å². The molecule has 0 saturated carbocycles. The Morgan fingerprint density at radius 2 is 1.83 bits per heavy atom. The number of halogens is 2. The first kappa shape index (κ1) is 21.2. The number of ether oxygens (including phenoxy) is 1. The van der Waals surface area contributed by atoms with Crippen molar-refractivity contribution in [1.82, 2.24) is 15.1 Å². The molecule has 0 radical (unpaired) electrons. The van der Waals surface area contributed by atoms with E-state index in [1.54, 1.807) is 25.5 Å². The van der Waals surface area contributed by atoms with Crippen molar-refractivity contribution in [2.24, 2.45) is 0 Å². The Bertz CT molecular complexity index is 1080. The number of carbonyl (C=O) groups is 2. The maximum absolute atomic E-state index is 14.1. The summed E-state index contributed by atoms with van der Waals surface area (Å²) in [5.41, 5.74) is 1.98. The largest absolute Gasteiger partial charge is 0.464 e. The van der Waals surface area contributed by atoms with E-state index in [1.165, 1.54) is 0 Å². The van der Waals surface area contributed by atoms with Gasteiger partial charge in [0.1, 0.15) is 11.6 Å². The van der Waals surface area contributed by atoms with E-state index < -0.39 is 29.6 Å². The number of aromatic nitrogens is 2. The van der Waals surface area contributed by atoms with Gasteiger partial charge in [-0.15, -0.1) is 0 Å². The Hall–Kier alpha value is -3.55. The van der Waals surface area contributed by atoms with Crippen LogP contribution in [0, 0.1) is 25.5 Å². The van der Waals surface area contributed by atoms with Gasteiger partial charge in [-0.1, -0.05) is 18.2 Å². The molecule has 8 heteroatoms. The number of hydrogen-bond acceptors (Lipinski definition) is 4. The topological polar surface area (TPSA) is 73.2 Å². The molecule has 3 aromatic rings. The van der Waals surface area contributed by atoms with Crippen molar-refractivity contribution in [2.75, 3.05) is 6.61 Å². The molecule has 1 heterocycles. The molecule has 2 aromatic carbocycles. The van der Waals surface area contributed by atoms with Gasteiger partial charge >= 0.3 is 5.97 Å². The lowest BCUT2D eigenvalue weighted by Gasteiger charge is -2.18. The first-order chi connectivity index (χ1) is 14.3. The fraction of sp³-hybridized carbons (Fsp3) is 0.227. The highest BCUT2D eigenvalue weighted by atomic mass is 19.1. The van der Waals surface area contributed by atoms with Gasteiger partial charge in [0.2, 0.25) is 0 Å². The first-order valence-electron chi connectivity index (χ1n) is 9.37. The summed E-state index contributed by atoms with van der Waals surface area (Å²) in [6.45, 7) is 5.21. The van der Waals surface area contributed by atoms with Crippen LogP contribution in [-0.4, -0.2) is 28.3 Å². The molecule has 0 saturated heterocycles. The molecule has 0 aliphatic rings. The van der Waals surface area contributed by atoms with E-state index in [-0.39, 0.29) is 12.2 Å². The molecule has 0 fully saturated rings. The van der Waals surface area contributed by atoms with Crippen molar-refractivity contribution in [3.05, 3.63) is 82.7 Å². The zero-order chi connectivity index (χ0) is 21.8. The first-order valence-corrected chi connectivity index (χ1v) is 9.37. The Kier molecular flexibility index (Phi) is 6.25. The van der Waals surface area contributed by atoms with E-state index in [0.29, 0.717) is 23.0 Å². The standard InChI is InChI=1S/C22H21F2N3O3/c1-4-30-22(29)20(25-21(28)17-11-10-15(23)12-18(17)24)19-13(2)26-27(14(19)3)16-8-6-5-7-9-16/h5-12,20H,4H2,1-3H3,(H,25,28)/t20-/m1/s1. The Morgan fingerprint density at radius 1 is 1.13 bits per heavy atom. The van der Waals surface area contributed by atoms with Crippen molar-refractivity contribution < 1.29 is 23.1 Å². The molecule has 30 heavy (non-hydrogen) atoms. The molecule has 1 aromatic heterocycles. The van der Waals surface area contributed by atoms with Gasteiger partial charge in [-0.05, 0) is 45.0 Å². The zero-order valence-corrected chi connectivity index (χ0v) is 16.8. The summed E-state index contributed by atoms with van der Waals surface area (Å²) < 4.78 is 34.0. The molecule has 0 spiro atoms. The number of hydrogen-bond donors (Lipinski definition) is 1. The summed E-state index contributed by atoms with van der Waals surface area (Å²) in [5, 5.41) is 7.00. The molecular formula is C22H21F2N3O3. The van der Waals surface area contributed by atoms with Crippen LogP contribution in [0.15, 0.2) is 48.5 Å². The van der Waals surface area contributed by atoms with E-state index >= 15 is 0 Å². The van der Waals surface area contributed by atoms with Crippen LogP contribution in [0.1, 0.15) is 40.3 Å². The number of esters is 1. The molecule has 0 aliphatic heterocycles. The smallest absolute Gasteiger partial charge is 0.333 e. The maximum Gasteiger partial charge on any atom is 0.333 e. The number of aryl methyl sites for hydroxylation is 1. The second kappa shape index (κ2) is 8.86. The van der Waals surface area contributed by atoms with Crippen LogP contribution in [0.4, 0.5) is 8.78 Å². The minimum absolute atomic E-state index is 0.0982. The predicted molar refractivity (Wildman–Crippen MR) is 106 cm³/mol. The van der Waals surface area contributed by atoms with Gasteiger partial charge in [-0.3, -0.25) is 4.79 Å². The average Bonchev–Trinajstić information content (AvgIpc) is 3.01. The summed E-state index contributed by atoms with van der Waals surface area (Å²) >= 11 is 0. The highest BCUT2D eigenvalue weighted by molar-refractivity contribution is 5.97. The number of nitrogens with one attached hydrogen (secondary N) is 1. The van der Waals surface area contributed by atoms with E-state index in [1.807, 2.05) is 30.3 Å². The van der Waals surface area contributed by atoms with E-state index in [9.17, 15) is 18.4 Å². The molecule has 0 unspecified atom stereocenters. The van der Waals surface area contributed by atoms with Crippen molar-refractivity contribution >= 4 is 11.9 Å². The Labute approximate surface area is 172 Å². The lowest BCUT2D eigenvalue weighted by Crippen LogP contribution is -2.36. The SMILES string of the molecule is CCOC(=O)[C@H](NC(=O)c1ccc(F)cc1F)c1c(C)nn(-c2ccccc2)c1C. The molecule has 6 nitrogen and oxygen atoms in total. The number of amides is 1. The highest BCUT2D eigenvalue weighted by Gasteiger charge is 2.31. The minimum Gasteiger partial charge on any atom is -0.464 e. The summed E-state index contributed by atoms with van der Waals surface area (Å²) in [6.07, 6.45) is 0. The van der Waals surface area contributed by atoms with E-state index in [4.69, 9.17) is 4.74 Å². The molecule has 3 rings (SSSR count). The zero-order valence-electron chi connectivity index (χ0n) is 16.8. The number of benzene rings is 2. The molecule has 1 amide bonds. The summed E-state index contributed by atoms with van der Waals surface area (Å²) in [5.74, 6) is -3.39. The normalized spacial score (nSPS) is 11.8. The van der Waals surface area contributed by atoms with Gasteiger partial charge in [0.15, 0.2) is 6.04 Å². The Morgan fingerprint density at radius 3 is 2.47 bits per heavy atom. The number of carbonyl (C=O) groups excluding carboxylic acids is 2. The van der Waals surface area contributed by atoms with Crippen molar-refractivity contribution in [3.8, 4) is 5.69 Å². The van der Waals surface area contributed by atoms with Crippen LogP contribution in [0.5, 0.6) is 0 Å². The van der Waals surface area contributed by atoms with Crippen LogP contribution in [-0.2, 0) is 9.53 Å². The van der Waals surface area contributed by atoms with Crippen LogP contribution < -0.4 is 5.32 Å². The molecular weight excluding hydrogens is 392 g/mol. The fourth-order valence-corrected chi connectivity index (χ4v) is 3.25. The number of nitrogens with zero attached hydrogens (tertiary/aromatic N) is 2. The van der Waals surface area contributed by atoms with Crippen molar-refractivity contribution in [1.29, 1.82) is 0 Å². The second-order valence-corrected chi connectivity index (χ2v) is 6.61. The summed E-state index contributed by atoms with van der Waals surface area (Å²) in [7, 11) is 0. The number of rotatable bonds is 6. The van der Waals surface area contributed by atoms with Gasteiger partial charge in [-0.25, -0.2) is 18.3 Å². The van der Waals surface area contributed by atoms with Gasteiger partial charge in [0.05, 0.1) is 23.6 Å². The van der Waals surface area contributed by atoms with Crippen molar-refractivity contribution in [2.45, 2.75) is 26.8 Å². The maximum atomic E-state index is 14.1. The second-order valence-electron chi connectivity index (χ2n) is 6.61. The lowest BCUT2D eigenvalue weighted by atomic mass is 10.0. The highest BCUT2D eigenvalue weighted by Crippen LogP contribution is 2.26.